The number of hydrogen-bond donors (Lipinski definition) is 1. The predicted octanol–water partition coefficient (Wildman–Crippen LogP) is 2.33. The zero-order valence-corrected chi connectivity index (χ0v) is 11.9. The van der Waals surface area contributed by atoms with Crippen molar-refractivity contribution in [2.24, 2.45) is 5.92 Å². The third-order valence-electron chi connectivity index (χ3n) is 3.85. The molecule has 108 valence electrons. The Balaban J connectivity index is 2.00. The number of benzene rings is 2. The van der Waals surface area contributed by atoms with Gasteiger partial charge in [0.25, 0.3) is 0 Å². The van der Waals surface area contributed by atoms with E-state index in [4.69, 9.17) is 0 Å². The first-order chi connectivity index (χ1) is 10.0. The van der Waals surface area contributed by atoms with E-state index in [1.807, 2.05) is 6.07 Å². The van der Waals surface area contributed by atoms with Crippen LogP contribution in [-0.4, -0.2) is 24.7 Å². The molecule has 5 heteroatoms. The summed E-state index contributed by atoms with van der Waals surface area (Å²) < 4.78 is 25.3. The number of hydrogen-bond acceptors (Lipinski definition) is 3. The van der Waals surface area contributed by atoms with Gasteiger partial charge in [-0.1, -0.05) is 48.5 Å². The molecular weight excluding hydrogens is 288 g/mol. The minimum atomic E-state index is -3.64. The van der Waals surface area contributed by atoms with Crippen LogP contribution in [-0.2, 0) is 14.6 Å². The highest BCUT2D eigenvalue weighted by Crippen LogP contribution is 2.54. The van der Waals surface area contributed by atoms with Crippen molar-refractivity contribution in [3.63, 3.8) is 0 Å². The molecule has 0 aliphatic heterocycles. The van der Waals surface area contributed by atoms with Crippen LogP contribution in [0.5, 0.6) is 0 Å². The molecule has 0 bridgehead atoms. The molecule has 0 aromatic heterocycles. The van der Waals surface area contributed by atoms with Gasteiger partial charge in [0.2, 0.25) is 0 Å². The largest absolute Gasteiger partial charge is 0.481 e. The van der Waals surface area contributed by atoms with Crippen LogP contribution in [0.25, 0.3) is 0 Å². The molecule has 3 atom stereocenters. The van der Waals surface area contributed by atoms with Gasteiger partial charge in [0.15, 0.2) is 9.84 Å². The molecule has 21 heavy (non-hydrogen) atoms. The fraction of sp³-hybridized carbons (Fsp3) is 0.188. The van der Waals surface area contributed by atoms with E-state index in [0.29, 0.717) is 0 Å². The molecule has 1 saturated carbocycles. The molecule has 1 aliphatic rings. The Morgan fingerprint density at radius 3 is 1.95 bits per heavy atom. The van der Waals surface area contributed by atoms with E-state index in [-0.39, 0.29) is 4.90 Å². The van der Waals surface area contributed by atoms with Crippen molar-refractivity contribution in [3.05, 3.63) is 66.2 Å². The van der Waals surface area contributed by atoms with E-state index in [9.17, 15) is 18.3 Å². The Bertz CT molecular complexity index is 753. The van der Waals surface area contributed by atoms with E-state index >= 15 is 0 Å². The molecule has 0 radical (unpaired) electrons. The molecule has 1 N–H and O–H groups in total. The zero-order valence-electron chi connectivity index (χ0n) is 11.1. The Morgan fingerprint density at radius 2 is 1.43 bits per heavy atom. The lowest BCUT2D eigenvalue weighted by molar-refractivity contribution is -0.138. The van der Waals surface area contributed by atoms with Crippen LogP contribution in [0.1, 0.15) is 11.5 Å². The molecule has 2 aromatic carbocycles. The second kappa shape index (κ2) is 5.00. The van der Waals surface area contributed by atoms with Crippen molar-refractivity contribution in [1.82, 2.24) is 0 Å². The lowest BCUT2D eigenvalue weighted by Crippen LogP contribution is -2.13. The summed E-state index contributed by atoms with van der Waals surface area (Å²) in [6.07, 6.45) is 0. The van der Waals surface area contributed by atoms with E-state index in [1.54, 1.807) is 42.5 Å². The summed E-state index contributed by atoms with van der Waals surface area (Å²) in [6, 6.07) is 17.0. The van der Waals surface area contributed by atoms with Crippen molar-refractivity contribution in [1.29, 1.82) is 0 Å². The van der Waals surface area contributed by atoms with Crippen LogP contribution in [0.15, 0.2) is 65.6 Å². The Morgan fingerprint density at radius 1 is 0.905 bits per heavy atom. The van der Waals surface area contributed by atoms with Gasteiger partial charge >= 0.3 is 5.97 Å². The van der Waals surface area contributed by atoms with Crippen molar-refractivity contribution >= 4 is 15.8 Å². The van der Waals surface area contributed by atoms with E-state index in [0.717, 1.165) is 5.56 Å². The topological polar surface area (TPSA) is 71.4 Å². The quantitative estimate of drug-likeness (QED) is 0.941. The van der Waals surface area contributed by atoms with Gasteiger partial charge in [0.05, 0.1) is 16.1 Å². The van der Waals surface area contributed by atoms with Crippen molar-refractivity contribution in [2.45, 2.75) is 16.1 Å². The maximum atomic E-state index is 12.6. The monoisotopic (exact) mass is 302 g/mol. The normalized spacial score (nSPS) is 24.5. The minimum Gasteiger partial charge on any atom is -0.481 e. The Labute approximate surface area is 123 Å². The number of aliphatic carboxylic acids is 1. The SMILES string of the molecule is O=C(O)[C@@H]1[C@H](c2ccccc2)[C@H]1S(=O)(=O)c1ccccc1. The molecule has 2 aromatic rings. The van der Waals surface area contributed by atoms with Gasteiger partial charge in [0.1, 0.15) is 0 Å². The number of carboxylic acid groups (broad SMARTS) is 1. The summed E-state index contributed by atoms with van der Waals surface area (Å²) in [6.45, 7) is 0. The van der Waals surface area contributed by atoms with Gasteiger partial charge in [-0.2, -0.15) is 0 Å². The van der Waals surface area contributed by atoms with E-state index in [1.165, 1.54) is 12.1 Å². The van der Waals surface area contributed by atoms with Crippen LogP contribution in [0.2, 0.25) is 0 Å². The highest BCUT2D eigenvalue weighted by atomic mass is 32.2. The maximum Gasteiger partial charge on any atom is 0.308 e. The van der Waals surface area contributed by atoms with Crippen LogP contribution >= 0.6 is 0 Å². The first-order valence-electron chi connectivity index (χ1n) is 6.60. The summed E-state index contributed by atoms with van der Waals surface area (Å²) in [5.41, 5.74) is 0.759. The van der Waals surface area contributed by atoms with Gasteiger partial charge in [-0.25, -0.2) is 8.42 Å². The lowest BCUT2D eigenvalue weighted by Gasteiger charge is -2.03. The third-order valence-corrected chi connectivity index (χ3v) is 6.09. The standard InChI is InChI=1S/C16H14O4S/c17-16(18)14-13(11-7-3-1-4-8-11)15(14)21(19,20)12-9-5-2-6-10-12/h1-10,13-15H,(H,17,18)/t13-,14+,15+/m0/s1. The first kappa shape index (κ1) is 13.8. The lowest BCUT2D eigenvalue weighted by atomic mass is 10.1. The molecule has 0 saturated heterocycles. The van der Waals surface area contributed by atoms with E-state index in [2.05, 4.69) is 0 Å². The molecular formula is C16H14O4S. The van der Waals surface area contributed by atoms with Crippen molar-refractivity contribution < 1.29 is 18.3 Å². The van der Waals surface area contributed by atoms with Gasteiger partial charge < -0.3 is 5.11 Å². The minimum absolute atomic E-state index is 0.180. The summed E-state index contributed by atoms with van der Waals surface area (Å²) in [5.74, 6) is -2.42. The highest BCUT2D eigenvalue weighted by Gasteiger charge is 2.62. The smallest absolute Gasteiger partial charge is 0.308 e. The van der Waals surface area contributed by atoms with Gasteiger partial charge in [-0.3, -0.25) is 4.79 Å². The van der Waals surface area contributed by atoms with Crippen LogP contribution in [0.3, 0.4) is 0 Å². The molecule has 0 heterocycles. The fourth-order valence-corrected chi connectivity index (χ4v) is 4.95. The van der Waals surface area contributed by atoms with Gasteiger partial charge in [0, 0.05) is 5.92 Å². The maximum absolute atomic E-state index is 12.6. The predicted molar refractivity (Wildman–Crippen MR) is 77.7 cm³/mol. The summed E-state index contributed by atoms with van der Waals surface area (Å²) in [4.78, 5) is 11.5. The summed E-state index contributed by atoms with van der Waals surface area (Å²) in [5, 5.41) is 8.41. The number of sulfone groups is 1. The average Bonchev–Trinajstić information content (AvgIpc) is 3.26. The first-order valence-corrected chi connectivity index (χ1v) is 8.15. The Hall–Kier alpha value is -2.14. The van der Waals surface area contributed by atoms with Crippen LogP contribution < -0.4 is 0 Å². The molecule has 1 aliphatic carbocycles. The van der Waals surface area contributed by atoms with Crippen LogP contribution in [0, 0.1) is 5.92 Å². The van der Waals surface area contributed by atoms with Crippen molar-refractivity contribution in [2.75, 3.05) is 0 Å². The summed E-state index contributed by atoms with van der Waals surface area (Å²) >= 11 is 0. The summed E-state index contributed by atoms with van der Waals surface area (Å²) in [7, 11) is -3.64. The molecule has 0 unspecified atom stereocenters. The molecule has 0 amide bonds. The Kier molecular flexibility index (Phi) is 3.29. The number of rotatable bonds is 4. The molecule has 1 fully saturated rings. The second-order valence-electron chi connectivity index (χ2n) is 5.12. The molecule has 0 spiro atoms. The second-order valence-corrected chi connectivity index (χ2v) is 7.23. The highest BCUT2D eigenvalue weighted by molar-refractivity contribution is 7.92. The fourth-order valence-electron chi connectivity index (χ4n) is 2.80. The number of carbonyl (C=O) groups is 1. The van der Waals surface area contributed by atoms with E-state index < -0.39 is 32.9 Å². The molecule has 4 nitrogen and oxygen atoms in total. The third kappa shape index (κ3) is 2.34. The van der Waals surface area contributed by atoms with Crippen LogP contribution in [0.4, 0.5) is 0 Å². The van der Waals surface area contributed by atoms with Crippen molar-refractivity contribution in [3.8, 4) is 0 Å². The van der Waals surface area contributed by atoms with Gasteiger partial charge in [-0.15, -0.1) is 0 Å². The zero-order chi connectivity index (χ0) is 15.0. The number of carboxylic acids is 1. The average molecular weight is 302 g/mol. The molecule has 3 rings (SSSR count). The van der Waals surface area contributed by atoms with Gasteiger partial charge in [-0.05, 0) is 17.7 Å².